The third-order valence-corrected chi connectivity index (χ3v) is 2.64. The first-order chi connectivity index (χ1) is 6.83. The largest absolute Gasteiger partial charge is 0.502 e. The standard InChI is InChI=1S/C10H16N2OS/c1-3-13-6-4-5-11-7-10-12-9(2)8-14-10/h3,8,11H,1,4-7H2,2H3. The fourth-order valence-electron chi connectivity index (χ4n) is 1.04. The summed E-state index contributed by atoms with van der Waals surface area (Å²) in [5.74, 6) is 0. The van der Waals surface area contributed by atoms with Crippen molar-refractivity contribution in [3.05, 3.63) is 28.9 Å². The van der Waals surface area contributed by atoms with E-state index >= 15 is 0 Å². The first kappa shape index (κ1) is 11.2. The molecule has 14 heavy (non-hydrogen) atoms. The highest BCUT2D eigenvalue weighted by Crippen LogP contribution is 2.07. The quantitative estimate of drug-likeness (QED) is 0.555. The van der Waals surface area contributed by atoms with Gasteiger partial charge in [-0.05, 0) is 19.9 Å². The van der Waals surface area contributed by atoms with Crippen LogP contribution < -0.4 is 5.32 Å². The molecule has 0 fully saturated rings. The molecule has 4 heteroatoms. The fourth-order valence-corrected chi connectivity index (χ4v) is 1.78. The van der Waals surface area contributed by atoms with E-state index in [1.165, 1.54) is 6.26 Å². The zero-order chi connectivity index (χ0) is 10.2. The molecule has 1 N–H and O–H groups in total. The lowest BCUT2D eigenvalue weighted by Gasteiger charge is -2.01. The van der Waals surface area contributed by atoms with Crippen LogP contribution in [0, 0.1) is 6.92 Å². The smallest absolute Gasteiger partial charge is 0.107 e. The van der Waals surface area contributed by atoms with Crippen LogP contribution in [0.3, 0.4) is 0 Å². The van der Waals surface area contributed by atoms with Crippen LogP contribution in [0.5, 0.6) is 0 Å². The average molecular weight is 212 g/mol. The highest BCUT2D eigenvalue weighted by atomic mass is 32.1. The lowest BCUT2D eigenvalue weighted by atomic mass is 10.4. The number of rotatable bonds is 7. The second-order valence-corrected chi connectivity index (χ2v) is 3.89. The SMILES string of the molecule is C=COCCCNCc1nc(C)cs1. The molecule has 0 atom stereocenters. The van der Waals surface area contributed by atoms with Crippen molar-refractivity contribution in [3.63, 3.8) is 0 Å². The van der Waals surface area contributed by atoms with E-state index in [0.717, 1.165) is 36.8 Å². The van der Waals surface area contributed by atoms with Crippen LogP contribution in [0.25, 0.3) is 0 Å². The minimum atomic E-state index is 0.730. The van der Waals surface area contributed by atoms with Crippen LogP contribution in [-0.4, -0.2) is 18.1 Å². The number of thiazole rings is 1. The zero-order valence-corrected chi connectivity index (χ0v) is 9.27. The second kappa shape index (κ2) is 6.56. The van der Waals surface area contributed by atoms with Crippen molar-refractivity contribution in [1.82, 2.24) is 10.3 Å². The minimum absolute atomic E-state index is 0.730. The predicted octanol–water partition coefficient (Wildman–Crippen LogP) is 2.09. The van der Waals surface area contributed by atoms with Gasteiger partial charge in [-0.2, -0.15) is 0 Å². The third kappa shape index (κ3) is 4.39. The van der Waals surface area contributed by atoms with Gasteiger partial charge < -0.3 is 10.1 Å². The summed E-state index contributed by atoms with van der Waals surface area (Å²) in [4.78, 5) is 4.35. The normalized spacial score (nSPS) is 10.1. The Morgan fingerprint density at radius 1 is 1.71 bits per heavy atom. The maximum Gasteiger partial charge on any atom is 0.107 e. The number of nitrogens with zero attached hydrogens (tertiary/aromatic N) is 1. The predicted molar refractivity (Wildman–Crippen MR) is 59.3 cm³/mol. The van der Waals surface area contributed by atoms with Crippen LogP contribution in [0.4, 0.5) is 0 Å². The summed E-state index contributed by atoms with van der Waals surface area (Å²) >= 11 is 1.70. The Morgan fingerprint density at radius 2 is 2.57 bits per heavy atom. The zero-order valence-electron chi connectivity index (χ0n) is 8.45. The summed E-state index contributed by atoms with van der Waals surface area (Å²) in [6.07, 6.45) is 2.47. The molecule has 1 aromatic rings. The van der Waals surface area contributed by atoms with E-state index in [9.17, 15) is 0 Å². The first-order valence-corrected chi connectivity index (χ1v) is 5.55. The molecule has 0 aliphatic heterocycles. The number of ether oxygens (including phenoxy) is 1. The van der Waals surface area contributed by atoms with Gasteiger partial charge in [0, 0.05) is 17.6 Å². The van der Waals surface area contributed by atoms with Gasteiger partial charge in [-0.3, -0.25) is 0 Å². The Morgan fingerprint density at radius 3 is 3.21 bits per heavy atom. The molecule has 1 heterocycles. The molecule has 78 valence electrons. The second-order valence-electron chi connectivity index (χ2n) is 2.95. The van der Waals surface area contributed by atoms with E-state index in [0.29, 0.717) is 0 Å². The summed E-state index contributed by atoms with van der Waals surface area (Å²) < 4.78 is 5.00. The minimum Gasteiger partial charge on any atom is -0.502 e. The lowest BCUT2D eigenvalue weighted by Crippen LogP contribution is -2.15. The van der Waals surface area contributed by atoms with Gasteiger partial charge in [0.15, 0.2) is 0 Å². The van der Waals surface area contributed by atoms with E-state index < -0.39 is 0 Å². The number of nitrogens with one attached hydrogen (secondary N) is 1. The van der Waals surface area contributed by atoms with Crippen molar-refractivity contribution in [2.24, 2.45) is 0 Å². The molecule has 0 aromatic carbocycles. The van der Waals surface area contributed by atoms with E-state index in [2.05, 4.69) is 22.3 Å². The summed E-state index contributed by atoms with van der Waals surface area (Å²) in [7, 11) is 0. The van der Waals surface area contributed by atoms with Gasteiger partial charge in [0.25, 0.3) is 0 Å². The third-order valence-electron chi connectivity index (χ3n) is 1.68. The van der Waals surface area contributed by atoms with E-state index in [1.807, 2.05) is 6.92 Å². The Hall–Kier alpha value is -0.870. The monoisotopic (exact) mass is 212 g/mol. The molecule has 0 saturated carbocycles. The molecule has 1 aromatic heterocycles. The van der Waals surface area contributed by atoms with Crippen molar-refractivity contribution in [1.29, 1.82) is 0 Å². The Labute approximate surface area is 88.8 Å². The van der Waals surface area contributed by atoms with Crippen LogP contribution >= 0.6 is 11.3 Å². The molecular formula is C10H16N2OS. The molecule has 0 aliphatic carbocycles. The van der Waals surface area contributed by atoms with Gasteiger partial charge in [0.1, 0.15) is 5.01 Å². The molecule has 0 amide bonds. The number of aryl methyl sites for hydroxylation is 1. The van der Waals surface area contributed by atoms with Crippen molar-refractivity contribution in [3.8, 4) is 0 Å². The van der Waals surface area contributed by atoms with Gasteiger partial charge in [0.05, 0.1) is 12.9 Å². The van der Waals surface area contributed by atoms with Crippen LogP contribution in [0.2, 0.25) is 0 Å². The molecule has 1 rings (SSSR count). The first-order valence-electron chi connectivity index (χ1n) is 4.67. The van der Waals surface area contributed by atoms with Gasteiger partial charge >= 0.3 is 0 Å². The molecule has 0 bridgehead atoms. The van der Waals surface area contributed by atoms with Gasteiger partial charge in [-0.15, -0.1) is 11.3 Å². The molecule has 3 nitrogen and oxygen atoms in total. The fraction of sp³-hybridized carbons (Fsp3) is 0.500. The van der Waals surface area contributed by atoms with Crippen LogP contribution in [-0.2, 0) is 11.3 Å². The van der Waals surface area contributed by atoms with Gasteiger partial charge in [-0.1, -0.05) is 6.58 Å². The van der Waals surface area contributed by atoms with Crippen LogP contribution in [0.15, 0.2) is 18.2 Å². The summed E-state index contributed by atoms with van der Waals surface area (Å²) in [5, 5.41) is 6.52. The topological polar surface area (TPSA) is 34.1 Å². The Balaban J connectivity index is 2.01. The molecule has 0 aliphatic rings. The van der Waals surface area contributed by atoms with E-state index in [-0.39, 0.29) is 0 Å². The lowest BCUT2D eigenvalue weighted by molar-refractivity contribution is 0.244. The Kier molecular flexibility index (Phi) is 5.25. The van der Waals surface area contributed by atoms with E-state index in [4.69, 9.17) is 4.74 Å². The molecule has 0 saturated heterocycles. The van der Waals surface area contributed by atoms with E-state index in [1.54, 1.807) is 11.3 Å². The average Bonchev–Trinajstić information content (AvgIpc) is 2.58. The maximum atomic E-state index is 5.00. The summed E-state index contributed by atoms with van der Waals surface area (Å²) in [5.41, 5.74) is 1.10. The van der Waals surface area contributed by atoms with Gasteiger partial charge in [-0.25, -0.2) is 4.98 Å². The highest BCUT2D eigenvalue weighted by molar-refractivity contribution is 7.09. The summed E-state index contributed by atoms with van der Waals surface area (Å²) in [6, 6.07) is 0. The number of aromatic nitrogens is 1. The van der Waals surface area contributed by atoms with Crippen molar-refractivity contribution < 1.29 is 4.74 Å². The van der Waals surface area contributed by atoms with Gasteiger partial charge in [0.2, 0.25) is 0 Å². The highest BCUT2D eigenvalue weighted by Gasteiger charge is 1.96. The van der Waals surface area contributed by atoms with Crippen molar-refractivity contribution in [2.75, 3.05) is 13.2 Å². The molecule has 0 unspecified atom stereocenters. The van der Waals surface area contributed by atoms with Crippen molar-refractivity contribution in [2.45, 2.75) is 19.9 Å². The number of hydrogen-bond acceptors (Lipinski definition) is 4. The number of hydrogen-bond donors (Lipinski definition) is 1. The van der Waals surface area contributed by atoms with Crippen molar-refractivity contribution >= 4 is 11.3 Å². The summed E-state index contributed by atoms with van der Waals surface area (Å²) in [6.45, 7) is 8.02. The molecule has 0 radical (unpaired) electrons. The molecular weight excluding hydrogens is 196 g/mol. The van der Waals surface area contributed by atoms with Crippen LogP contribution in [0.1, 0.15) is 17.1 Å². The molecule has 0 spiro atoms. The maximum absolute atomic E-state index is 5.00. The Bertz CT molecular complexity index is 273.